The Morgan fingerprint density at radius 3 is 2.81 bits per heavy atom. The fraction of sp³-hybridized carbons (Fsp3) is 0.0667. The highest BCUT2D eigenvalue weighted by molar-refractivity contribution is 6.30. The molecule has 1 aromatic heterocycles. The van der Waals surface area contributed by atoms with Gasteiger partial charge in [0.05, 0.1) is 6.54 Å². The van der Waals surface area contributed by atoms with Gasteiger partial charge in [-0.3, -0.25) is 0 Å². The van der Waals surface area contributed by atoms with Gasteiger partial charge in [-0.15, -0.1) is 0 Å². The van der Waals surface area contributed by atoms with Crippen LogP contribution >= 0.6 is 11.6 Å². The van der Waals surface area contributed by atoms with Crippen LogP contribution in [-0.4, -0.2) is 15.2 Å². The van der Waals surface area contributed by atoms with Gasteiger partial charge in [-0.1, -0.05) is 35.0 Å². The minimum absolute atomic E-state index is 0.163. The van der Waals surface area contributed by atoms with Crippen LogP contribution < -0.4 is 5.32 Å². The molecule has 0 aliphatic heterocycles. The van der Waals surface area contributed by atoms with Crippen molar-refractivity contribution >= 4 is 17.3 Å². The second-order valence-corrected chi connectivity index (χ2v) is 4.86. The zero-order valence-electron chi connectivity index (χ0n) is 11.0. The summed E-state index contributed by atoms with van der Waals surface area (Å²) < 4.78 is 5.17. The highest BCUT2D eigenvalue weighted by Gasteiger charge is 2.08. The molecule has 2 N–H and O–H groups in total. The van der Waals surface area contributed by atoms with Crippen molar-refractivity contribution in [2.24, 2.45) is 0 Å². The summed E-state index contributed by atoms with van der Waals surface area (Å²) in [4.78, 5) is 4.27. The summed E-state index contributed by atoms with van der Waals surface area (Å²) in [7, 11) is 0. The molecule has 3 aromatic rings. The predicted octanol–water partition coefficient (Wildman–Crippen LogP) is 3.71. The standard InChI is InChI=1S/C15H12ClN3O2/c16-11-4-2-5-12(8-11)17-9-14-18-15(19-21-14)10-3-1-6-13(20)7-10/h1-8,17,20H,9H2. The van der Waals surface area contributed by atoms with E-state index in [1.165, 1.54) is 0 Å². The number of nitrogens with zero attached hydrogens (tertiary/aromatic N) is 2. The number of phenolic OH excluding ortho intramolecular Hbond substituents is 1. The van der Waals surface area contributed by atoms with Crippen LogP contribution in [0.15, 0.2) is 53.1 Å². The Morgan fingerprint density at radius 1 is 1.14 bits per heavy atom. The van der Waals surface area contributed by atoms with Crippen LogP contribution in [0.2, 0.25) is 5.02 Å². The van der Waals surface area contributed by atoms with E-state index in [1.807, 2.05) is 18.2 Å². The second-order valence-electron chi connectivity index (χ2n) is 4.43. The Morgan fingerprint density at radius 2 is 2.00 bits per heavy atom. The molecule has 0 amide bonds. The fourth-order valence-corrected chi connectivity index (χ4v) is 2.06. The topological polar surface area (TPSA) is 71.2 Å². The molecule has 0 radical (unpaired) electrons. The summed E-state index contributed by atoms with van der Waals surface area (Å²) >= 11 is 5.91. The number of phenols is 1. The normalized spacial score (nSPS) is 10.5. The van der Waals surface area contributed by atoms with E-state index in [4.69, 9.17) is 16.1 Å². The molecule has 3 rings (SSSR count). The van der Waals surface area contributed by atoms with Crippen molar-refractivity contribution in [3.05, 3.63) is 59.4 Å². The highest BCUT2D eigenvalue weighted by Crippen LogP contribution is 2.21. The van der Waals surface area contributed by atoms with Gasteiger partial charge in [0.15, 0.2) is 0 Å². The maximum absolute atomic E-state index is 9.45. The lowest BCUT2D eigenvalue weighted by Gasteiger charge is -2.02. The molecule has 5 nitrogen and oxygen atoms in total. The van der Waals surface area contributed by atoms with Crippen molar-refractivity contribution in [3.8, 4) is 17.1 Å². The Bertz CT molecular complexity index is 758. The molecule has 1 heterocycles. The smallest absolute Gasteiger partial charge is 0.246 e. The van der Waals surface area contributed by atoms with Crippen LogP contribution in [0.4, 0.5) is 5.69 Å². The van der Waals surface area contributed by atoms with Gasteiger partial charge >= 0.3 is 0 Å². The molecule has 2 aromatic carbocycles. The highest BCUT2D eigenvalue weighted by atomic mass is 35.5. The number of nitrogens with one attached hydrogen (secondary N) is 1. The van der Waals surface area contributed by atoms with E-state index in [2.05, 4.69) is 15.5 Å². The largest absolute Gasteiger partial charge is 0.508 e. The van der Waals surface area contributed by atoms with Crippen LogP contribution in [0, 0.1) is 0 Å². The Balaban J connectivity index is 1.71. The van der Waals surface area contributed by atoms with E-state index in [1.54, 1.807) is 30.3 Å². The van der Waals surface area contributed by atoms with Gasteiger partial charge < -0.3 is 14.9 Å². The summed E-state index contributed by atoms with van der Waals surface area (Å²) in [5, 5.41) is 17.1. The fourth-order valence-electron chi connectivity index (χ4n) is 1.87. The summed E-state index contributed by atoms with van der Waals surface area (Å²) in [6.45, 7) is 0.395. The van der Waals surface area contributed by atoms with Crippen LogP contribution in [0.5, 0.6) is 5.75 Å². The number of aromatic hydroxyl groups is 1. The number of halogens is 1. The molecular weight excluding hydrogens is 290 g/mol. The zero-order valence-corrected chi connectivity index (χ0v) is 11.7. The number of benzene rings is 2. The number of rotatable bonds is 4. The number of aromatic nitrogens is 2. The molecule has 6 heteroatoms. The molecular formula is C15H12ClN3O2. The average Bonchev–Trinajstić information content (AvgIpc) is 2.94. The van der Waals surface area contributed by atoms with Gasteiger partial charge in [0.1, 0.15) is 5.75 Å². The van der Waals surface area contributed by atoms with E-state index in [0.717, 1.165) is 5.69 Å². The maximum atomic E-state index is 9.45. The van der Waals surface area contributed by atoms with Crippen LogP contribution in [-0.2, 0) is 6.54 Å². The van der Waals surface area contributed by atoms with Gasteiger partial charge in [0.25, 0.3) is 0 Å². The molecule has 0 unspecified atom stereocenters. The first-order valence-electron chi connectivity index (χ1n) is 6.32. The van der Waals surface area contributed by atoms with E-state index in [0.29, 0.717) is 28.8 Å². The van der Waals surface area contributed by atoms with Gasteiger partial charge in [-0.2, -0.15) is 4.98 Å². The molecule has 0 bridgehead atoms. The third kappa shape index (κ3) is 3.32. The molecule has 0 spiro atoms. The second kappa shape index (κ2) is 5.85. The first-order chi connectivity index (χ1) is 10.2. The number of hydrogen-bond acceptors (Lipinski definition) is 5. The monoisotopic (exact) mass is 301 g/mol. The third-order valence-electron chi connectivity index (χ3n) is 2.84. The van der Waals surface area contributed by atoms with Crippen molar-refractivity contribution in [3.63, 3.8) is 0 Å². The molecule has 0 aliphatic rings. The van der Waals surface area contributed by atoms with Gasteiger partial charge in [0.2, 0.25) is 11.7 Å². The molecule has 0 fully saturated rings. The Labute approximate surface area is 126 Å². The SMILES string of the molecule is Oc1cccc(-c2noc(CNc3cccc(Cl)c3)n2)c1. The Kier molecular flexibility index (Phi) is 3.75. The molecule has 21 heavy (non-hydrogen) atoms. The Hall–Kier alpha value is -2.53. The molecule has 0 saturated carbocycles. The van der Waals surface area contributed by atoms with Gasteiger partial charge in [-0.05, 0) is 30.3 Å². The summed E-state index contributed by atoms with van der Waals surface area (Å²) in [5.74, 6) is 1.05. The quantitative estimate of drug-likeness (QED) is 0.768. The molecule has 106 valence electrons. The lowest BCUT2D eigenvalue weighted by atomic mass is 10.2. The molecule has 0 saturated heterocycles. The van der Waals surface area contributed by atoms with E-state index in [9.17, 15) is 5.11 Å². The van der Waals surface area contributed by atoms with E-state index in [-0.39, 0.29) is 5.75 Å². The average molecular weight is 302 g/mol. The number of anilines is 1. The van der Waals surface area contributed by atoms with Crippen LogP contribution in [0.25, 0.3) is 11.4 Å². The predicted molar refractivity (Wildman–Crippen MR) is 80.2 cm³/mol. The number of hydrogen-bond donors (Lipinski definition) is 2. The third-order valence-corrected chi connectivity index (χ3v) is 3.08. The lowest BCUT2D eigenvalue weighted by Crippen LogP contribution is -1.99. The van der Waals surface area contributed by atoms with Crippen molar-refractivity contribution in [1.82, 2.24) is 10.1 Å². The van der Waals surface area contributed by atoms with Gasteiger partial charge in [0, 0.05) is 16.3 Å². The maximum Gasteiger partial charge on any atom is 0.246 e. The summed E-state index contributed by atoms with van der Waals surface area (Å²) in [6, 6.07) is 14.1. The van der Waals surface area contributed by atoms with Crippen LogP contribution in [0.3, 0.4) is 0 Å². The minimum atomic E-state index is 0.163. The molecule has 0 atom stereocenters. The van der Waals surface area contributed by atoms with E-state index < -0.39 is 0 Å². The summed E-state index contributed by atoms with van der Waals surface area (Å²) in [6.07, 6.45) is 0. The molecule has 0 aliphatic carbocycles. The van der Waals surface area contributed by atoms with E-state index >= 15 is 0 Å². The summed E-state index contributed by atoms with van der Waals surface area (Å²) in [5.41, 5.74) is 1.58. The first-order valence-corrected chi connectivity index (χ1v) is 6.70. The van der Waals surface area contributed by atoms with Crippen molar-refractivity contribution in [1.29, 1.82) is 0 Å². The van der Waals surface area contributed by atoms with Crippen molar-refractivity contribution in [2.75, 3.05) is 5.32 Å². The first kappa shape index (κ1) is 13.5. The van der Waals surface area contributed by atoms with Gasteiger partial charge in [-0.25, -0.2) is 0 Å². The van der Waals surface area contributed by atoms with Crippen LogP contribution in [0.1, 0.15) is 5.89 Å². The zero-order chi connectivity index (χ0) is 14.7. The van der Waals surface area contributed by atoms with Crippen molar-refractivity contribution < 1.29 is 9.63 Å². The minimum Gasteiger partial charge on any atom is -0.508 e. The van der Waals surface area contributed by atoms with Crippen molar-refractivity contribution in [2.45, 2.75) is 6.54 Å². The lowest BCUT2D eigenvalue weighted by molar-refractivity contribution is 0.384.